The van der Waals surface area contributed by atoms with E-state index < -0.39 is 129 Å². The smallest absolute Gasteiger partial charge is 0.310 e. The lowest BCUT2D eigenvalue weighted by atomic mass is 9.33. The average Bonchev–Trinajstić information content (AvgIpc) is 3.26. The first-order chi connectivity index (χ1) is 30.5. The number of aliphatic hydroxyl groups is 10. The second-order valence-corrected chi connectivity index (χ2v) is 22.9. The van der Waals surface area contributed by atoms with E-state index in [1.807, 2.05) is 6.92 Å². The molecule has 372 valence electrons. The van der Waals surface area contributed by atoms with Crippen molar-refractivity contribution in [2.75, 3.05) is 26.4 Å². The molecular formula is C47H76O18. The SMILES string of the molecule is CC1(C)CC[C@]2(C(=O)O)CC[C@]3(C)C(=CC[C@@H]4[C@@]5(C)CC[C@H](O[C@@H]6O[C@H](CO)[C@@H](O[C@@H]7O[C@H](CO)[C@@H](O[C@@H]8OC[C@H](O)[C@H](O)[C@H]8O)[C@H](O)[C@H]7O)[C@H](O)[C@H]6O)[C@@](C)(CO)[C@@H]5CC[C@]43C)[C@@H]2C1. The molecule has 3 aliphatic heterocycles. The van der Waals surface area contributed by atoms with E-state index in [1.54, 1.807) is 0 Å². The van der Waals surface area contributed by atoms with Gasteiger partial charge in [0.25, 0.3) is 0 Å². The molecule has 8 aliphatic rings. The monoisotopic (exact) mass is 929 g/mol. The predicted octanol–water partition coefficient (Wildman–Crippen LogP) is 0.318. The van der Waals surface area contributed by atoms with Gasteiger partial charge in [0, 0.05) is 5.41 Å². The Balaban J connectivity index is 0.960. The molecule has 23 atom stereocenters. The van der Waals surface area contributed by atoms with Crippen LogP contribution in [-0.2, 0) is 33.2 Å². The van der Waals surface area contributed by atoms with Gasteiger partial charge < -0.3 is 84.6 Å². The highest BCUT2D eigenvalue weighted by atomic mass is 16.8. The van der Waals surface area contributed by atoms with Crippen molar-refractivity contribution in [1.82, 2.24) is 0 Å². The van der Waals surface area contributed by atoms with Crippen molar-refractivity contribution < 1.29 is 89.4 Å². The molecule has 0 amide bonds. The number of fused-ring (bicyclic) bond motifs is 7. The van der Waals surface area contributed by atoms with Gasteiger partial charge in [-0.2, -0.15) is 0 Å². The maximum Gasteiger partial charge on any atom is 0.310 e. The topological polar surface area (TPSA) is 295 Å². The first-order valence-corrected chi connectivity index (χ1v) is 23.9. The number of hydrogen-bond donors (Lipinski definition) is 11. The molecule has 4 saturated carbocycles. The summed E-state index contributed by atoms with van der Waals surface area (Å²) in [4.78, 5) is 13.1. The van der Waals surface area contributed by atoms with E-state index in [0.717, 1.165) is 44.9 Å². The molecule has 18 heteroatoms. The Labute approximate surface area is 380 Å². The van der Waals surface area contributed by atoms with Crippen molar-refractivity contribution in [2.24, 2.45) is 50.2 Å². The van der Waals surface area contributed by atoms with Crippen LogP contribution in [0.1, 0.15) is 106 Å². The minimum absolute atomic E-state index is 0.00527. The van der Waals surface area contributed by atoms with Gasteiger partial charge in [-0.1, -0.05) is 53.2 Å². The third-order valence-electron chi connectivity index (χ3n) is 19.1. The third kappa shape index (κ3) is 7.80. The van der Waals surface area contributed by atoms with Gasteiger partial charge in [-0.3, -0.25) is 4.79 Å². The lowest BCUT2D eigenvalue weighted by Crippen LogP contribution is -2.67. The summed E-state index contributed by atoms with van der Waals surface area (Å²) in [5, 5.41) is 118. The summed E-state index contributed by atoms with van der Waals surface area (Å²) in [6.45, 7) is 11.6. The molecule has 0 unspecified atom stereocenters. The van der Waals surface area contributed by atoms with E-state index >= 15 is 0 Å². The minimum atomic E-state index is -1.90. The zero-order valence-electron chi connectivity index (χ0n) is 38.6. The van der Waals surface area contributed by atoms with Crippen LogP contribution in [0, 0.1) is 50.2 Å². The number of rotatable bonds is 10. The molecule has 3 heterocycles. The van der Waals surface area contributed by atoms with Gasteiger partial charge in [-0.05, 0) is 104 Å². The van der Waals surface area contributed by atoms with Gasteiger partial charge in [0.15, 0.2) is 18.9 Å². The predicted molar refractivity (Wildman–Crippen MR) is 226 cm³/mol. The van der Waals surface area contributed by atoms with Crippen molar-refractivity contribution in [2.45, 2.75) is 198 Å². The molecule has 0 aromatic heterocycles. The Morgan fingerprint density at radius 2 is 1.25 bits per heavy atom. The fraction of sp³-hybridized carbons (Fsp3) is 0.936. The first kappa shape index (κ1) is 50.0. The summed E-state index contributed by atoms with van der Waals surface area (Å²) < 4.78 is 35.2. The standard InChI is InChI=1S/C47H76O18/c1-42(2)13-15-47(41(58)59)16-14-45(5)22(23(47)17-42)7-8-28-43(3)11-10-29(44(4,21-50)27(43)9-12-46(28,45)6)63-39-34(56)31(53)37(26(19-49)61-39)65-40-35(57)32(54)36(25(18-48)62-40)64-38-33(55)30(52)24(51)20-60-38/h7,23-40,48-57H,8-21H2,1-6H3,(H,58,59)/t23-,24-,25+,26+,27+,28+,29-,30-,31+,32+,33+,34+,35+,36+,37+,38-,39-,40-,43-,44-,45+,46+,47-/m0/s1. The normalized spacial score (nSPS) is 54.3. The molecule has 0 aromatic rings. The van der Waals surface area contributed by atoms with Crippen molar-refractivity contribution >= 4 is 5.97 Å². The fourth-order valence-electron chi connectivity index (χ4n) is 14.9. The van der Waals surface area contributed by atoms with Crippen molar-refractivity contribution in [3.05, 3.63) is 11.6 Å². The summed E-state index contributed by atoms with van der Waals surface area (Å²) >= 11 is 0. The van der Waals surface area contributed by atoms with Crippen LogP contribution >= 0.6 is 0 Å². The van der Waals surface area contributed by atoms with Gasteiger partial charge in [0.2, 0.25) is 0 Å². The summed E-state index contributed by atoms with van der Waals surface area (Å²) in [6, 6.07) is 0. The number of carbonyl (C=O) groups is 1. The van der Waals surface area contributed by atoms with E-state index in [0.29, 0.717) is 19.3 Å². The molecule has 3 saturated heterocycles. The fourth-order valence-corrected chi connectivity index (χ4v) is 14.9. The highest BCUT2D eigenvalue weighted by Gasteiger charge is 2.70. The number of aliphatic carboxylic acids is 1. The lowest BCUT2D eigenvalue weighted by molar-refractivity contribution is -0.380. The second kappa shape index (κ2) is 17.8. The number of aliphatic hydroxyl groups excluding tert-OH is 10. The van der Waals surface area contributed by atoms with Crippen LogP contribution in [0.25, 0.3) is 0 Å². The summed E-state index contributed by atoms with van der Waals surface area (Å²) in [5.41, 5.74) is -0.681. The molecule has 0 bridgehead atoms. The first-order valence-electron chi connectivity index (χ1n) is 23.9. The van der Waals surface area contributed by atoms with Gasteiger partial charge in [-0.15, -0.1) is 0 Å². The summed E-state index contributed by atoms with van der Waals surface area (Å²) in [6.07, 6.45) is -13.2. The Morgan fingerprint density at radius 3 is 1.83 bits per heavy atom. The Kier molecular flexibility index (Phi) is 13.7. The van der Waals surface area contributed by atoms with E-state index in [4.69, 9.17) is 28.4 Å². The zero-order valence-corrected chi connectivity index (χ0v) is 38.6. The molecule has 0 spiro atoms. The summed E-state index contributed by atoms with van der Waals surface area (Å²) in [7, 11) is 0. The molecule has 0 aromatic carbocycles. The summed E-state index contributed by atoms with van der Waals surface area (Å²) in [5.74, 6) is -0.434. The maximum absolute atomic E-state index is 13.1. The van der Waals surface area contributed by atoms with E-state index in [9.17, 15) is 61.0 Å². The number of carboxylic acids is 1. The van der Waals surface area contributed by atoms with Gasteiger partial charge in [-0.25, -0.2) is 0 Å². The van der Waals surface area contributed by atoms with E-state index in [2.05, 4.69) is 40.7 Å². The maximum atomic E-state index is 13.1. The molecule has 0 radical (unpaired) electrons. The largest absolute Gasteiger partial charge is 0.481 e. The van der Waals surface area contributed by atoms with Crippen LogP contribution in [0.3, 0.4) is 0 Å². The number of hydrogen-bond acceptors (Lipinski definition) is 17. The van der Waals surface area contributed by atoms with Crippen molar-refractivity contribution in [3.8, 4) is 0 Å². The highest BCUT2D eigenvalue weighted by molar-refractivity contribution is 5.76. The average molecular weight is 929 g/mol. The van der Waals surface area contributed by atoms with E-state index in [1.165, 1.54) is 5.57 Å². The van der Waals surface area contributed by atoms with Gasteiger partial charge in [0.05, 0.1) is 37.9 Å². The van der Waals surface area contributed by atoms with Crippen LogP contribution in [0.5, 0.6) is 0 Å². The van der Waals surface area contributed by atoms with Crippen molar-refractivity contribution in [3.63, 3.8) is 0 Å². The van der Waals surface area contributed by atoms with Gasteiger partial charge in [0.1, 0.15) is 67.1 Å². The second-order valence-electron chi connectivity index (χ2n) is 22.9. The minimum Gasteiger partial charge on any atom is -0.481 e. The molecule has 8 rings (SSSR count). The van der Waals surface area contributed by atoms with Crippen LogP contribution in [0.15, 0.2) is 11.6 Å². The van der Waals surface area contributed by atoms with Crippen molar-refractivity contribution in [1.29, 1.82) is 0 Å². The molecule has 5 aliphatic carbocycles. The molecular weight excluding hydrogens is 852 g/mol. The number of allylic oxidation sites excluding steroid dienone is 2. The molecule has 18 nitrogen and oxygen atoms in total. The molecule has 7 fully saturated rings. The van der Waals surface area contributed by atoms with E-state index in [-0.39, 0.29) is 46.0 Å². The Morgan fingerprint density at radius 1 is 0.677 bits per heavy atom. The van der Waals surface area contributed by atoms with Crippen LogP contribution in [-0.4, -0.2) is 181 Å². The lowest BCUT2D eigenvalue weighted by Gasteiger charge is -2.71. The van der Waals surface area contributed by atoms with Crippen LogP contribution in [0.2, 0.25) is 0 Å². The molecule has 65 heavy (non-hydrogen) atoms. The van der Waals surface area contributed by atoms with Gasteiger partial charge >= 0.3 is 5.97 Å². The zero-order chi connectivity index (χ0) is 47.4. The number of ether oxygens (including phenoxy) is 6. The quantitative estimate of drug-likeness (QED) is 0.104. The Bertz CT molecular complexity index is 1760. The number of carboxylic acid groups (broad SMARTS) is 1. The highest BCUT2D eigenvalue weighted by Crippen LogP contribution is 2.76. The third-order valence-corrected chi connectivity index (χ3v) is 19.1. The van der Waals surface area contributed by atoms with Crippen LogP contribution < -0.4 is 0 Å². The Hall–Kier alpha value is -1.43. The van der Waals surface area contributed by atoms with Crippen LogP contribution in [0.4, 0.5) is 0 Å². The molecule has 11 N–H and O–H groups in total.